The summed E-state index contributed by atoms with van der Waals surface area (Å²) in [6.07, 6.45) is 1.95. The van der Waals surface area contributed by atoms with Gasteiger partial charge in [0, 0.05) is 19.8 Å². The monoisotopic (exact) mass is 447 g/mol. The van der Waals surface area contributed by atoms with Crippen LogP contribution in [0.2, 0.25) is 0 Å². The third-order valence-electron chi connectivity index (χ3n) is 5.09. The summed E-state index contributed by atoms with van der Waals surface area (Å²) in [5.74, 6) is -2.29. The molecule has 2 atom stereocenters. The van der Waals surface area contributed by atoms with E-state index in [1.54, 1.807) is 13.8 Å². The Kier molecular flexibility index (Phi) is 10.7. The first-order valence-electron chi connectivity index (χ1n) is 11.1. The van der Waals surface area contributed by atoms with Crippen molar-refractivity contribution in [3.8, 4) is 0 Å². The van der Waals surface area contributed by atoms with Gasteiger partial charge in [-0.05, 0) is 37.2 Å². The molecule has 9 nitrogen and oxygen atoms in total. The summed E-state index contributed by atoms with van der Waals surface area (Å²) in [5, 5.41) is 7.77. The Balaban J connectivity index is 1.97. The second kappa shape index (κ2) is 13.5. The van der Waals surface area contributed by atoms with Gasteiger partial charge in [-0.2, -0.15) is 0 Å². The maximum Gasteiger partial charge on any atom is 0.408 e. The average Bonchev–Trinajstić information content (AvgIpc) is 2.78. The van der Waals surface area contributed by atoms with E-state index in [9.17, 15) is 19.2 Å². The Bertz CT molecular complexity index is 768. The molecule has 1 heterocycles. The largest absolute Gasteiger partial charge is 0.445 e. The molecule has 3 N–H and O–H groups in total. The molecule has 32 heavy (non-hydrogen) atoms. The van der Waals surface area contributed by atoms with Gasteiger partial charge in [0.15, 0.2) is 0 Å². The molecule has 2 unspecified atom stereocenters. The molecule has 0 aliphatic carbocycles. The van der Waals surface area contributed by atoms with Crippen molar-refractivity contribution in [1.82, 2.24) is 16.0 Å². The molecular weight excluding hydrogens is 414 g/mol. The summed E-state index contributed by atoms with van der Waals surface area (Å²) in [5.41, 5.74) is 0.818. The van der Waals surface area contributed by atoms with Crippen LogP contribution < -0.4 is 16.0 Å². The molecule has 0 bridgehead atoms. The summed E-state index contributed by atoms with van der Waals surface area (Å²) >= 11 is 0. The number of ether oxygens (including phenoxy) is 2. The molecule has 9 heteroatoms. The van der Waals surface area contributed by atoms with Gasteiger partial charge in [-0.25, -0.2) is 4.79 Å². The van der Waals surface area contributed by atoms with Gasteiger partial charge >= 0.3 is 6.09 Å². The highest BCUT2D eigenvalue weighted by molar-refractivity contribution is 6.38. The number of rotatable bonds is 6. The van der Waals surface area contributed by atoms with Gasteiger partial charge in [0.25, 0.3) is 5.91 Å². The van der Waals surface area contributed by atoms with Gasteiger partial charge in [-0.3, -0.25) is 14.4 Å². The lowest BCUT2D eigenvalue weighted by atomic mass is 10.0. The Morgan fingerprint density at radius 1 is 1.12 bits per heavy atom. The lowest BCUT2D eigenvalue weighted by Crippen LogP contribution is -2.55. The predicted molar refractivity (Wildman–Crippen MR) is 118 cm³/mol. The number of carbonyl (C=O) groups excluding carboxylic acids is 4. The molecule has 0 radical (unpaired) electrons. The van der Waals surface area contributed by atoms with Crippen LogP contribution in [-0.4, -0.2) is 55.5 Å². The quantitative estimate of drug-likeness (QED) is 0.571. The van der Waals surface area contributed by atoms with Crippen LogP contribution in [0, 0.1) is 5.92 Å². The van der Waals surface area contributed by atoms with Crippen molar-refractivity contribution in [3.05, 3.63) is 35.9 Å². The van der Waals surface area contributed by atoms with Crippen molar-refractivity contribution >= 4 is 23.7 Å². The fraction of sp³-hybridized carbons (Fsp3) is 0.565. The van der Waals surface area contributed by atoms with Crippen molar-refractivity contribution in [2.45, 2.75) is 58.2 Å². The SMILES string of the molecule is CC(C)C(NC(=O)OCc1ccccc1)C(=O)NC1CCOCCCCCNC(=O)C1=O. The smallest absolute Gasteiger partial charge is 0.408 e. The van der Waals surface area contributed by atoms with E-state index in [1.807, 2.05) is 30.3 Å². The third kappa shape index (κ3) is 8.66. The molecule has 0 saturated carbocycles. The minimum atomic E-state index is -1.04. The van der Waals surface area contributed by atoms with Crippen LogP contribution in [0.3, 0.4) is 0 Å². The van der Waals surface area contributed by atoms with Gasteiger partial charge in [-0.15, -0.1) is 0 Å². The Hall–Kier alpha value is -2.94. The molecule has 2 rings (SSSR count). The molecular formula is C23H33N3O6. The van der Waals surface area contributed by atoms with Gasteiger partial charge in [0.1, 0.15) is 12.6 Å². The Labute approximate surface area is 188 Å². The van der Waals surface area contributed by atoms with Crippen LogP contribution in [0.25, 0.3) is 0 Å². The van der Waals surface area contributed by atoms with Crippen LogP contribution in [0.4, 0.5) is 4.79 Å². The number of alkyl carbamates (subject to hydrolysis) is 1. The standard InChI is InChI=1S/C23H33N3O6/c1-16(2)19(26-23(30)32-15-17-9-5-3-6-10-17)21(28)25-18-11-14-31-13-8-4-7-12-24-22(29)20(18)27/h3,5-6,9-10,16,18-19H,4,7-8,11-15H2,1-2H3,(H,24,29)(H,25,28)(H,26,30). The molecule has 0 spiro atoms. The molecule has 1 fully saturated rings. The van der Waals surface area contributed by atoms with Crippen LogP contribution >= 0.6 is 0 Å². The Morgan fingerprint density at radius 3 is 2.59 bits per heavy atom. The normalized spacial score (nSPS) is 19.2. The number of carbonyl (C=O) groups is 4. The van der Waals surface area contributed by atoms with Crippen LogP contribution in [0.5, 0.6) is 0 Å². The van der Waals surface area contributed by atoms with E-state index in [0.717, 1.165) is 24.8 Å². The molecule has 176 valence electrons. The Morgan fingerprint density at radius 2 is 1.88 bits per heavy atom. The molecule has 1 aromatic carbocycles. The predicted octanol–water partition coefficient (Wildman–Crippen LogP) is 1.70. The number of ketones is 1. The van der Waals surface area contributed by atoms with Crippen molar-refractivity contribution in [2.24, 2.45) is 5.92 Å². The lowest BCUT2D eigenvalue weighted by molar-refractivity contribution is -0.140. The van der Waals surface area contributed by atoms with E-state index >= 15 is 0 Å². The summed E-state index contributed by atoms with van der Waals surface area (Å²) in [4.78, 5) is 49.9. The second-order valence-electron chi connectivity index (χ2n) is 8.07. The second-order valence-corrected chi connectivity index (χ2v) is 8.07. The van der Waals surface area contributed by atoms with Crippen molar-refractivity contribution < 1.29 is 28.7 Å². The third-order valence-corrected chi connectivity index (χ3v) is 5.09. The summed E-state index contributed by atoms with van der Waals surface area (Å²) in [6, 6.07) is 7.20. The van der Waals surface area contributed by atoms with Crippen molar-refractivity contribution in [2.75, 3.05) is 19.8 Å². The molecule has 3 amide bonds. The zero-order valence-corrected chi connectivity index (χ0v) is 18.7. The minimum Gasteiger partial charge on any atom is -0.445 e. The topological polar surface area (TPSA) is 123 Å². The molecule has 1 aromatic rings. The van der Waals surface area contributed by atoms with Crippen LogP contribution in [0.1, 0.15) is 45.1 Å². The van der Waals surface area contributed by atoms with Crippen LogP contribution in [0.15, 0.2) is 30.3 Å². The van der Waals surface area contributed by atoms with Gasteiger partial charge in [0.05, 0.1) is 6.04 Å². The van der Waals surface area contributed by atoms with Crippen molar-refractivity contribution in [1.29, 1.82) is 0 Å². The zero-order valence-electron chi connectivity index (χ0n) is 18.7. The maximum absolute atomic E-state index is 12.9. The van der Waals surface area contributed by atoms with Gasteiger partial charge in [-0.1, -0.05) is 44.2 Å². The maximum atomic E-state index is 12.9. The number of hydrogen-bond donors (Lipinski definition) is 3. The highest BCUT2D eigenvalue weighted by Gasteiger charge is 2.31. The number of benzene rings is 1. The van der Waals surface area contributed by atoms with Crippen molar-refractivity contribution in [3.63, 3.8) is 0 Å². The molecule has 0 aromatic heterocycles. The summed E-state index contributed by atoms with van der Waals surface area (Å²) in [6.45, 7) is 4.79. The van der Waals surface area contributed by atoms with E-state index in [2.05, 4.69) is 16.0 Å². The molecule has 1 aliphatic rings. The molecule has 1 aliphatic heterocycles. The fourth-order valence-corrected chi connectivity index (χ4v) is 3.21. The first-order valence-corrected chi connectivity index (χ1v) is 11.1. The minimum absolute atomic E-state index is 0.0672. The fourth-order valence-electron chi connectivity index (χ4n) is 3.21. The van der Waals surface area contributed by atoms with E-state index in [1.165, 1.54) is 0 Å². The number of Topliss-reactive ketones (excluding diaryl/α,β-unsaturated/α-hetero) is 1. The van der Waals surface area contributed by atoms with E-state index in [-0.39, 0.29) is 25.6 Å². The average molecular weight is 448 g/mol. The summed E-state index contributed by atoms with van der Waals surface area (Å²) in [7, 11) is 0. The lowest BCUT2D eigenvalue weighted by Gasteiger charge is -2.25. The first-order chi connectivity index (χ1) is 15.4. The molecule has 1 saturated heterocycles. The highest BCUT2D eigenvalue weighted by atomic mass is 16.5. The number of hydrogen-bond acceptors (Lipinski definition) is 6. The first kappa shape index (κ1) is 25.3. The highest BCUT2D eigenvalue weighted by Crippen LogP contribution is 2.07. The van der Waals surface area contributed by atoms with Crippen LogP contribution in [-0.2, 0) is 30.5 Å². The van der Waals surface area contributed by atoms with E-state index in [4.69, 9.17) is 9.47 Å². The number of nitrogens with one attached hydrogen (secondary N) is 3. The number of amides is 3. The summed E-state index contributed by atoms with van der Waals surface area (Å²) < 4.78 is 10.7. The zero-order chi connectivity index (χ0) is 23.3. The van der Waals surface area contributed by atoms with Gasteiger partial charge in [0.2, 0.25) is 11.7 Å². The van der Waals surface area contributed by atoms with E-state index in [0.29, 0.717) is 13.2 Å². The van der Waals surface area contributed by atoms with E-state index < -0.39 is 35.8 Å². The van der Waals surface area contributed by atoms with Gasteiger partial charge < -0.3 is 25.4 Å².